The Kier molecular flexibility index (Phi) is 4.71. The first-order valence-electron chi connectivity index (χ1n) is 5.78. The van der Waals surface area contributed by atoms with Crippen LogP contribution in [0.15, 0.2) is 27.1 Å². The summed E-state index contributed by atoms with van der Waals surface area (Å²) in [6.07, 6.45) is 0.652. The molecule has 0 amide bonds. The molecule has 0 radical (unpaired) electrons. The highest BCUT2D eigenvalue weighted by Gasteiger charge is 2.16. The fourth-order valence-corrected chi connectivity index (χ4v) is 3.58. The minimum absolute atomic E-state index is 0.124. The molecule has 1 aromatic carbocycles. The molecule has 19 heavy (non-hydrogen) atoms. The lowest BCUT2D eigenvalue weighted by molar-refractivity contribution is 0.639. The van der Waals surface area contributed by atoms with Crippen molar-refractivity contribution in [1.29, 1.82) is 0 Å². The van der Waals surface area contributed by atoms with Gasteiger partial charge in [0.05, 0.1) is 16.4 Å². The van der Waals surface area contributed by atoms with Gasteiger partial charge in [-0.2, -0.15) is 5.10 Å². The number of halogens is 3. The fraction of sp³-hybridized carbons (Fsp3) is 0.308. The van der Waals surface area contributed by atoms with Crippen LogP contribution in [0.1, 0.15) is 23.0 Å². The number of hydrogen-bond donors (Lipinski definition) is 1. The minimum Gasteiger partial charge on any atom is -0.324 e. The number of hydrogen-bond acceptors (Lipinski definition) is 2. The van der Waals surface area contributed by atoms with Crippen LogP contribution in [0.2, 0.25) is 5.02 Å². The van der Waals surface area contributed by atoms with Crippen LogP contribution in [-0.4, -0.2) is 9.78 Å². The van der Waals surface area contributed by atoms with E-state index in [1.54, 1.807) is 4.68 Å². The fourth-order valence-electron chi connectivity index (χ4n) is 2.02. The van der Waals surface area contributed by atoms with Crippen LogP contribution in [-0.2, 0) is 13.5 Å². The van der Waals surface area contributed by atoms with Crippen LogP contribution in [0.4, 0.5) is 0 Å². The zero-order valence-corrected chi connectivity index (χ0v) is 14.6. The highest BCUT2D eigenvalue weighted by Crippen LogP contribution is 2.27. The Balaban J connectivity index is 2.27. The molecule has 0 saturated carbocycles. The number of nitrogens with two attached hydrogens (primary N) is 1. The average Bonchev–Trinajstić information content (AvgIpc) is 2.54. The van der Waals surface area contributed by atoms with E-state index in [0.29, 0.717) is 11.4 Å². The highest BCUT2D eigenvalue weighted by molar-refractivity contribution is 9.11. The van der Waals surface area contributed by atoms with Gasteiger partial charge in [0.25, 0.3) is 0 Å². The van der Waals surface area contributed by atoms with Gasteiger partial charge in [-0.3, -0.25) is 4.68 Å². The molecule has 0 aliphatic heterocycles. The van der Waals surface area contributed by atoms with E-state index in [4.69, 9.17) is 17.3 Å². The maximum absolute atomic E-state index is 6.27. The summed E-state index contributed by atoms with van der Waals surface area (Å²) in [4.78, 5) is 0. The molecular formula is C13H14Br2ClN3. The second-order valence-electron chi connectivity index (χ2n) is 4.48. The summed E-state index contributed by atoms with van der Waals surface area (Å²) in [6, 6.07) is 5.90. The van der Waals surface area contributed by atoms with Gasteiger partial charge in [0.1, 0.15) is 0 Å². The van der Waals surface area contributed by atoms with Crippen LogP contribution < -0.4 is 5.73 Å². The topological polar surface area (TPSA) is 43.8 Å². The average molecular weight is 408 g/mol. The number of aromatic nitrogens is 2. The Morgan fingerprint density at radius 3 is 2.37 bits per heavy atom. The maximum Gasteiger partial charge on any atom is 0.0847 e. The largest absolute Gasteiger partial charge is 0.324 e. The third kappa shape index (κ3) is 3.40. The Morgan fingerprint density at radius 2 is 1.89 bits per heavy atom. The number of benzene rings is 1. The second kappa shape index (κ2) is 5.95. The van der Waals surface area contributed by atoms with Crippen molar-refractivity contribution in [3.8, 4) is 0 Å². The lowest BCUT2D eigenvalue weighted by atomic mass is 10.0. The van der Waals surface area contributed by atoms with E-state index in [2.05, 4.69) is 37.0 Å². The molecule has 2 N–H and O–H groups in total. The van der Waals surface area contributed by atoms with Gasteiger partial charge in [0.2, 0.25) is 0 Å². The summed E-state index contributed by atoms with van der Waals surface area (Å²) in [5.41, 5.74) is 9.12. The molecule has 0 saturated heterocycles. The Labute approximate surface area is 134 Å². The number of rotatable bonds is 3. The molecule has 2 aromatic rings. The van der Waals surface area contributed by atoms with Crippen molar-refractivity contribution in [1.82, 2.24) is 9.78 Å². The van der Waals surface area contributed by atoms with E-state index < -0.39 is 0 Å². The highest BCUT2D eigenvalue weighted by atomic mass is 79.9. The third-order valence-electron chi connectivity index (χ3n) is 2.99. The van der Waals surface area contributed by atoms with Gasteiger partial charge in [0, 0.05) is 28.5 Å². The van der Waals surface area contributed by atoms with Crippen molar-refractivity contribution in [3.63, 3.8) is 0 Å². The smallest absolute Gasteiger partial charge is 0.0847 e. The van der Waals surface area contributed by atoms with Crippen LogP contribution >= 0.6 is 43.5 Å². The van der Waals surface area contributed by atoms with Gasteiger partial charge < -0.3 is 5.73 Å². The van der Waals surface area contributed by atoms with Gasteiger partial charge in [-0.1, -0.05) is 43.5 Å². The van der Waals surface area contributed by atoms with Gasteiger partial charge in [0.15, 0.2) is 0 Å². The zero-order chi connectivity index (χ0) is 14.2. The van der Waals surface area contributed by atoms with Crippen LogP contribution in [0.25, 0.3) is 0 Å². The van der Waals surface area contributed by atoms with Crippen molar-refractivity contribution in [2.75, 3.05) is 0 Å². The molecule has 0 bridgehead atoms. The Bertz CT molecular complexity index is 590. The van der Waals surface area contributed by atoms with E-state index >= 15 is 0 Å². The van der Waals surface area contributed by atoms with Gasteiger partial charge in [-0.05, 0) is 30.7 Å². The number of aryl methyl sites for hydroxylation is 2. The lowest BCUT2D eigenvalue weighted by Crippen LogP contribution is -2.15. The van der Waals surface area contributed by atoms with E-state index in [9.17, 15) is 0 Å². The first-order chi connectivity index (χ1) is 8.88. The molecular weight excluding hydrogens is 393 g/mol. The Hall–Kier alpha value is -0.360. The van der Waals surface area contributed by atoms with Crippen LogP contribution in [0, 0.1) is 6.92 Å². The summed E-state index contributed by atoms with van der Waals surface area (Å²) in [7, 11) is 1.89. The predicted molar refractivity (Wildman–Crippen MR) is 85.4 cm³/mol. The molecule has 1 aromatic heterocycles. The quantitative estimate of drug-likeness (QED) is 0.831. The molecule has 2 rings (SSSR count). The van der Waals surface area contributed by atoms with Crippen LogP contribution in [0.3, 0.4) is 0 Å². The first-order valence-corrected chi connectivity index (χ1v) is 7.74. The lowest BCUT2D eigenvalue weighted by Gasteiger charge is -2.13. The molecule has 1 unspecified atom stereocenters. The molecule has 1 atom stereocenters. The van der Waals surface area contributed by atoms with Gasteiger partial charge in [-0.15, -0.1) is 0 Å². The molecule has 0 spiro atoms. The first kappa shape index (κ1) is 15.0. The predicted octanol–water partition coefficient (Wildman–Crippen LogP) is 4.15. The summed E-state index contributed by atoms with van der Waals surface area (Å²) in [6.45, 7) is 1.90. The van der Waals surface area contributed by atoms with E-state index in [1.807, 2.05) is 32.2 Å². The minimum atomic E-state index is -0.124. The van der Waals surface area contributed by atoms with Crippen molar-refractivity contribution in [3.05, 3.63) is 49.1 Å². The van der Waals surface area contributed by atoms with E-state index in [0.717, 1.165) is 25.9 Å². The summed E-state index contributed by atoms with van der Waals surface area (Å²) >= 11 is 13.2. The van der Waals surface area contributed by atoms with Crippen LogP contribution in [0.5, 0.6) is 0 Å². The monoisotopic (exact) mass is 405 g/mol. The molecule has 0 aliphatic carbocycles. The van der Waals surface area contributed by atoms with Crippen molar-refractivity contribution in [2.45, 2.75) is 19.4 Å². The number of nitrogens with zero attached hydrogens (tertiary/aromatic N) is 2. The molecule has 0 aliphatic rings. The molecule has 0 fully saturated rings. The van der Waals surface area contributed by atoms with Crippen molar-refractivity contribution >= 4 is 43.5 Å². The zero-order valence-electron chi connectivity index (χ0n) is 10.6. The van der Waals surface area contributed by atoms with Crippen molar-refractivity contribution < 1.29 is 0 Å². The molecule has 102 valence electrons. The normalized spacial score (nSPS) is 12.7. The van der Waals surface area contributed by atoms with E-state index in [-0.39, 0.29) is 6.04 Å². The molecule has 1 heterocycles. The maximum atomic E-state index is 6.27. The summed E-state index contributed by atoms with van der Waals surface area (Å²) in [5.74, 6) is 0. The summed E-state index contributed by atoms with van der Waals surface area (Å²) in [5, 5.41) is 5.00. The molecule has 3 nitrogen and oxygen atoms in total. The third-order valence-corrected chi connectivity index (χ3v) is 4.40. The Morgan fingerprint density at radius 1 is 1.32 bits per heavy atom. The van der Waals surface area contributed by atoms with Gasteiger partial charge in [-0.25, -0.2) is 0 Å². The summed E-state index contributed by atoms with van der Waals surface area (Å²) < 4.78 is 3.80. The SMILES string of the molecule is Cc1nn(C)c(CC(N)c2cc(Br)cc(Br)c2)c1Cl. The van der Waals surface area contributed by atoms with E-state index in [1.165, 1.54) is 0 Å². The van der Waals surface area contributed by atoms with Crippen molar-refractivity contribution in [2.24, 2.45) is 12.8 Å². The standard InChI is InChI=1S/C13H14Br2ClN3/c1-7-13(16)12(19(2)18-7)6-11(17)8-3-9(14)5-10(15)4-8/h3-5,11H,6,17H2,1-2H3. The molecule has 6 heteroatoms. The second-order valence-corrected chi connectivity index (χ2v) is 6.69. The van der Waals surface area contributed by atoms with Gasteiger partial charge >= 0.3 is 0 Å².